The number of fused-ring (bicyclic) bond motifs is 1. The zero-order valence-electron chi connectivity index (χ0n) is 17.2. The quantitative estimate of drug-likeness (QED) is 0.590. The summed E-state index contributed by atoms with van der Waals surface area (Å²) in [6.07, 6.45) is 1.49. The summed E-state index contributed by atoms with van der Waals surface area (Å²) < 4.78 is 41.6. The maximum atomic E-state index is 14.6. The Balaban J connectivity index is 1.73. The number of benzene rings is 2. The predicted molar refractivity (Wildman–Crippen MR) is 112 cm³/mol. The van der Waals surface area contributed by atoms with Gasteiger partial charge in [0.1, 0.15) is 11.6 Å². The average Bonchev–Trinajstić information content (AvgIpc) is 3.32. The minimum absolute atomic E-state index is 0.0410. The Morgan fingerprint density at radius 2 is 1.93 bits per heavy atom. The molecule has 1 saturated heterocycles. The van der Waals surface area contributed by atoms with Crippen molar-refractivity contribution in [1.29, 1.82) is 0 Å². The molecule has 6 nitrogen and oxygen atoms in total. The van der Waals surface area contributed by atoms with E-state index >= 15 is 0 Å². The van der Waals surface area contributed by atoms with Gasteiger partial charge in [-0.1, -0.05) is 12.1 Å². The normalized spacial score (nSPS) is 17.2. The molecule has 1 aromatic heterocycles. The van der Waals surface area contributed by atoms with Gasteiger partial charge in [0.2, 0.25) is 0 Å². The van der Waals surface area contributed by atoms with Crippen LogP contribution >= 0.6 is 0 Å². The number of para-hydroxylation sites is 2. The fraction of sp³-hybridized carbons (Fsp3) is 0.364. The first-order valence-electron chi connectivity index (χ1n) is 9.97. The molecule has 1 fully saturated rings. The van der Waals surface area contributed by atoms with Crippen molar-refractivity contribution in [1.82, 2.24) is 14.5 Å². The van der Waals surface area contributed by atoms with Gasteiger partial charge >= 0.3 is 0 Å². The van der Waals surface area contributed by atoms with Crippen molar-refractivity contribution in [2.75, 3.05) is 6.54 Å². The zero-order chi connectivity index (χ0) is 21.6. The molecule has 1 amide bonds. The smallest absolute Gasteiger partial charge is 0.257 e. The van der Waals surface area contributed by atoms with Gasteiger partial charge in [-0.05, 0) is 57.0 Å². The molecule has 2 aromatic carbocycles. The Labute approximate surface area is 175 Å². The van der Waals surface area contributed by atoms with E-state index in [0.29, 0.717) is 13.0 Å². The van der Waals surface area contributed by atoms with Crippen molar-refractivity contribution in [3.63, 3.8) is 0 Å². The Morgan fingerprint density at radius 1 is 1.20 bits per heavy atom. The number of hydrogen-bond acceptors (Lipinski definition) is 4. The van der Waals surface area contributed by atoms with Crippen LogP contribution in [0.2, 0.25) is 0 Å². The Hall–Kier alpha value is -2.74. The van der Waals surface area contributed by atoms with Gasteiger partial charge in [0.15, 0.2) is 9.84 Å². The molecule has 1 aliphatic rings. The van der Waals surface area contributed by atoms with E-state index in [1.165, 1.54) is 6.07 Å². The number of aromatic nitrogens is 2. The number of sulfone groups is 1. The Kier molecular flexibility index (Phi) is 5.13. The number of likely N-dealkylation sites (tertiary alicyclic amines) is 1. The van der Waals surface area contributed by atoms with Crippen LogP contribution in [0.1, 0.15) is 48.9 Å². The van der Waals surface area contributed by atoms with E-state index in [0.717, 1.165) is 35.4 Å². The molecule has 0 aliphatic carbocycles. The molecule has 1 atom stereocenters. The molecule has 158 valence electrons. The number of imidazole rings is 1. The molecule has 0 bridgehead atoms. The highest BCUT2D eigenvalue weighted by molar-refractivity contribution is 7.92. The van der Waals surface area contributed by atoms with E-state index < -0.39 is 26.8 Å². The number of aryl methyl sites for hydroxylation is 1. The first kappa shape index (κ1) is 20.5. The first-order chi connectivity index (χ1) is 14.2. The highest BCUT2D eigenvalue weighted by atomic mass is 32.2. The summed E-state index contributed by atoms with van der Waals surface area (Å²) in [7, 11) is -1.71. The van der Waals surface area contributed by atoms with Crippen LogP contribution < -0.4 is 0 Å². The second kappa shape index (κ2) is 7.50. The van der Waals surface area contributed by atoms with Gasteiger partial charge in [0.25, 0.3) is 5.91 Å². The summed E-state index contributed by atoms with van der Waals surface area (Å²) in [5, 5.41) is -0.662. The Morgan fingerprint density at radius 3 is 2.63 bits per heavy atom. The third-order valence-electron chi connectivity index (χ3n) is 5.75. The largest absolute Gasteiger partial charge is 0.329 e. The first-order valence-corrected chi connectivity index (χ1v) is 11.5. The third-order valence-corrected chi connectivity index (χ3v) is 7.90. The minimum atomic E-state index is -3.62. The fourth-order valence-corrected chi connectivity index (χ4v) is 5.10. The summed E-state index contributed by atoms with van der Waals surface area (Å²) in [4.78, 5) is 19.5. The second-order valence-electron chi connectivity index (χ2n) is 7.91. The van der Waals surface area contributed by atoms with E-state index in [4.69, 9.17) is 4.98 Å². The minimum Gasteiger partial charge on any atom is -0.329 e. The molecule has 3 aromatic rings. The number of nitrogens with zero attached hydrogens (tertiary/aromatic N) is 3. The summed E-state index contributed by atoms with van der Waals surface area (Å²) in [6.45, 7) is 3.58. The highest BCUT2D eigenvalue weighted by Gasteiger charge is 2.35. The van der Waals surface area contributed by atoms with Crippen LogP contribution in [0.3, 0.4) is 0 Å². The lowest BCUT2D eigenvalue weighted by Gasteiger charge is -2.25. The molecule has 0 N–H and O–H groups in total. The van der Waals surface area contributed by atoms with Crippen LogP contribution in [0.25, 0.3) is 11.0 Å². The van der Waals surface area contributed by atoms with Crippen molar-refractivity contribution in [3.05, 3.63) is 59.7 Å². The maximum Gasteiger partial charge on any atom is 0.257 e. The predicted octanol–water partition coefficient (Wildman–Crippen LogP) is 3.87. The number of rotatable bonds is 4. The van der Waals surface area contributed by atoms with Gasteiger partial charge < -0.3 is 9.47 Å². The summed E-state index contributed by atoms with van der Waals surface area (Å²) in [6, 6.07) is 10.9. The third kappa shape index (κ3) is 3.29. The number of carbonyl (C=O) groups excluding carboxylic acids is 1. The number of carbonyl (C=O) groups is 1. The molecule has 4 rings (SSSR count). The van der Waals surface area contributed by atoms with Crippen LogP contribution in [0.4, 0.5) is 4.39 Å². The van der Waals surface area contributed by atoms with Crippen LogP contribution in [0, 0.1) is 5.82 Å². The van der Waals surface area contributed by atoms with Gasteiger partial charge in [-0.2, -0.15) is 0 Å². The topological polar surface area (TPSA) is 72.3 Å². The molecule has 0 radical (unpaired) electrons. The molecular formula is C22H24FN3O3S. The molecule has 1 unspecified atom stereocenters. The maximum absolute atomic E-state index is 14.6. The van der Waals surface area contributed by atoms with Gasteiger partial charge in [-0.15, -0.1) is 0 Å². The van der Waals surface area contributed by atoms with E-state index in [2.05, 4.69) is 0 Å². The zero-order valence-corrected chi connectivity index (χ0v) is 18.0. The average molecular weight is 430 g/mol. The monoisotopic (exact) mass is 429 g/mol. The molecule has 0 saturated carbocycles. The number of hydrogen-bond donors (Lipinski definition) is 0. The molecule has 0 spiro atoms. The standard InChI is InChI=1S/C22H24FN3O3S/c1-14(2)30(28,29)15-10-11-17(23)16(13-15)22(27)26-12-6-9-20(26)21-24-18-7-4-5-8-19(18)25(21)3/h4-5,7-8,10-11,13-14,20H,6,9,12H2,1-3H3. The second-order valence-corrected chi connectivity index (χ2v) is 10.4. The van der Waals surface area contributed by atoms with Crippen LogP contribution in [-0.4, -0.2) is 40.6 Å². The lowest BCUT2D eigenvalue weighted by Crippen LogP contribution is -2.32. The molecule has 8 heteroatoms. The lowest BCUT2D eigenvalue weighted by molar-refractivity contribution is 0.0723. The van der Waals surface area contributed by atoms with Crippen molar-refractivity contribution in [3.8, 4) is 0 Å². The summed E-state index contributed by atoms with van der Waals surface area (Å²) in [5.74, 6) is -0.491. The SMILES string of the molecule is CC(C)S(=O)(=O)c1ccc(F)c(C(=O)N2CCCC2c2nc3ccccc3n2C)c1. The van der Waals surface area contributed by atoms with Crippen molar-refractivity contribution < 1.29 is 17.6 Å². The van der Waals surface area contributed by atoms with E-state index in [-0.39, 0.29) is 16.5 Å². The highest BCUT2D eigenvalue weighted by Crippen LogP contribution is 2.34. The van der Waals surface area contributed by atoms with Crippen molar-refractivity contribution >= 4 is 26.8 Å². The number of halogens is 1. The van der Waals surface area contributed by atoms with Gasteiger partial charge in [0, 0.05) is 13.6 Å². The van der Waals surface area contributed by atoms with Crippen molar-refractivity contribution in [2.24, 2.45) is 7.05 Å². The van der Waals surface area contributed by atoms with Gasteiger partial charge in [0.05, 0.1) is 32.8 Å². The van der Waals surface area contributed by atoms with Gasteiger partial charge in [-0.25, -0.2) is 17.8 Å². The van der Waals surface area contributed by atoms with E-state index in [1.54, 1.807) is 18.7 Å². The molecule has 30 heavy (non-hydrogen) atoms. The lowest BCUT2D eigenvalue weighted by atomic mass is 10.1. The summed E-state index contributed by atoms with van der Waals surface area (Å²) in [5.41, 5.74) is 1.58. The van der Waals surface area contributed by atoms with Crippen LogP contribution in [-0.2, 0) is 16.9 Å². The van der Waals surface area contributed by atoms with Crippen LogP contribution in [0.15, 0.2) is 47.4 Å². The van der Waals surface area contributed by atoms with E-state index in [1.807, 2.05) is 35.9 Å². The van der Waals surface area contributed by atoms with Gasteiger partial charge in [-0.3, -0.25) is 4.79 Å². The van der Waals surface area contributed by atoms with Crippen LogP contribution in [0.5, 0.6) is 0 Å². The molecule has 1 aliphatic heterocycles. The number of amides is 1. The van der Waals surface area contributed by atoms with Crippen molar-refractivity contribution in [2.45, 2.75) is 42.9 Å². The molecule has 2 heterocycles. The fourth-order valence-electron chi connectivity index (χ4n) is 4.01. The van der Waals surface area contributed by atoms with E-state index in [9.17, 15) is 17.6 Å². The Bertz CT molecular complexity index is 1230. The summed E-state index contributed by atoms with van der Waals surface area (Å²) >= 11 is 0. The molecular weight excluding hydrogens is 405 g/mol.